The number of thioether (sulfide) groups is 1. The lowest BCUT2D eigenvalue weighted by Gasteiger charge is -2.20. The number of anilines is 1. The Balaban J connectivity index is 1.80. The minimum absolute atomic E-state index is 0.00940. The fourth-order valence-electron chi connectivity index (χ4n) is 3.31. The van der Waals surface area contributed by atoms with Crippen LogP contribution in [0.1, 0.15) is 5.69 Å². The number of H-pyrrole nitrogens is 1. The van der Waals surface area contributed by atoms with Gasteiger partial charge in [-0.2, -0.15) is 8.42 Å². The maximum Gasteiger partial charge on any atom is 0.281 e. The number of aliphatic hydroxyl groups is 1. The van der Waals surface area contributed by atoms with E-state index in [0.717, 1.165) is 16.1 Å². The van der Waals surface area contributed by atoms with Gasteiger partial charge < -0.3 is 19.6 Å². The second-order valence-electron chi connectivity index (χ2n) is 7.15. The maximum atomic E-state index is 13.2. The Labute approximate surface area is 190 Å². The molecule has 1 aromatic carbocycles. The van der Waals surface area contributed by atoms with Gasteiger partial charge in [-0.1, -0.05) is 6.07 Å². The minimum atomic E-state index is -3.89. The van der Waals surface area contributed by atoms with Crippen LogP contribution in [0.15, 0.2) is 52.6 Å². The molecule has 2 aromatic heterocycles. The van der Waals surface area contributed by atoms with Crippen LogP contribution >= 0.6 is 11.8 Å². The number of nitrogens with one attached hydrogen (secondary N) is 1. The molecule has 1 aliphatic heterocycles. The second kappa shape index (κ2) is 9.49. The van der Waals surface area contributed by atoms with Gasteiger partial charge >= 0.3 is 0 Å². The monoisotopic (exact) mass is 476 g/mol. The van der Waals surface area contributed by atoms with E-state index in [9.17, 15) is 13.5 Å². The first kappa shape index (κ1) is 22.6. The van der Waals surface area contributed by atoms with Crippen molar-refractivity contribution in [1.82, 2.24) is 9.97 Å². The molecule has 3 aromatic rings. The number of methoxy groups -OCH3 is 1. The number of hydrogen-bond donors (Lipinski definition) is 2. The molecule has 4 rings (SSSR count). The molecule has 2 N–H and O–H groups in total. The van der Waals surface area contributed by atoms with Crippen LogP contribution < -0.4 is 9.04 Å². The number of benzene rings is 1. The highest BCUT2D eigenvalue weighted by molar-refractivity contribution is 8.14. The van der Waals surface area contributed by atoms with Crippen molar-refractivity contribution in [3.63, 3.8) is 0 Å². The SMILES string of the molecule is COCCOc1cc(N(C)S(=O)(=O)c2ccccn2)c2[nH]c(C3=N[C@H](CO)CS3)cc2c1. The molecule has 170 valence electrons. The van der Waals surface area contributed by atoms with E-state index in [1.54, 1.807) is 37.1 Å². The molecule has 0 spiro atoms. The summed E-state index contributed by atoms with van der Waals surface area (Å²) in [5.74, 6) is 1.22. The Morgan fingerprint density at radius 1 is 1.28 bits per heavy atom. The average molecular weight is 477 g/mol. The lowest BCUT2D eigenvalue weighted by Crippen LogP contribution is -2.27. The van der Waals surface area contributed by atoms with Crippen molar-refractivity contribution in [3.8, 4) is 5.75 Å². The van der Waals surface area contributed by atoms with Crippen molar-refractivity contribution < 1.29 is 23.0 Å². The number of sulfonamides is 1. The largest absolute Gasteiger partial charge is 0.491 e. The van der Waals surface area contributed by atoms with E-state index < -0.39 is 10.0 Å². The van der Waals surface area contributed by atoms with Gasteiger partial charge in [0, 0.05) is 37.6 Å². The van der Waals surface area contributed by atoms with Gasteiger partial charge in [0.1, 0.15) is 17.4 Å². The van der Waals surface area contributed by atoms with Gasteiger partial charge in [-0.05, 0) is 24.3 Å². The molecule has 0 bridgehead atoms. The third kappa shape index (κ3) is 4.46. The molecule has 3 heterocycles. The molecule has 0 saturated heterocycles. The lowest BCUT2D eigenvalue weighted by atomic mass is 10.2. The molecule has 1 aliphatic rings. The van der Waals surface area contributed by atoms with Crippen LogP contribution in [0.3, 0.4) is 0 Å². The molecule has 0 fully saturated rings. The number of fused-ring (bicyclic) bond motifs is 1. The van der Waals surface area contributed by atoms with E-state index in [1.165, 1.54) is 23.6 Å². The Bertz CT molecular complexity index is 1230. The summed E-state index contributed by atoms with van der Waals surface area (Å²) < 4.78 is 38.5. The fraction of sp³-hybridized carbons (Fsp3) is 0.333. The van der Waals surface area contributed by atoms with Crippen LogP contribution in [0.4, 0.5) is 5.69 Å². The average Bonchev–Trinajstić information content (AvgIpc) is 3.45. The smallest absolute Gasteiger partial charge is 0.281 e. The molecule has 0 radical (unpaired) electrons. The Kier molecular flexibility index (Phi) is 6.70. The molecule has 0 unspecified atom stereocenters. The van der Waals surface area contributed by atoms with Crippen LogP contribution in [0.5, 0.6) is 5.75 Å². The highest BCUT2D eigenvalue weighted by Crippen LogP contribution is 2.35. The second-order valence-corrected chi connectivity index (χ2v) is 10.1. The Hall–Kier alpha value is -2.60. The van der Waals surface area contributed by atoms with Crippen molar-refractivity contribution in [3.05, 3.63) is 48.3 Å². The van der Waals surface area contributed by atoms with Crippen LogP contribution in [-0.4, -0.2) is 74.3 Å². The molecule has 0 aliphatic carbocycles. The van der Waals surface area contributed by atoms with Gasteiger partial charge in [-0.15, -0.1) is 11.8 Å². The van der Waals surface area contributed by atoms with Crippen molar-refractivity contribution in [2.75, 3.05) is 44.0 Å². The predicted octanol–water partition coefficient (Wildman–Crippen LogP) is 2.27. The molecule has 1 atom stereocenters. The van der Waals surface area contributed by atoms with Crippen molar-refractivity contribution >= 4 is 43.4 Å². The predicted molar refractivity (Wildman–Crippen MR) is 125 cm³/mol. The first-order valence-electron chi connectivity index (χ1n) is 9.94. The summed E-state index contributed by atoms with van der Waals surface area (Å²) in [7, 11) is -0.820. The van der Waals surface area contributed by atoms with E-state index in [4.69, 9.17) is 9.47 Å². The van der Waals surface area contributed by atoms with Gasteiger partial charge in [-0.25, -0.2) is 4.98 Å². The topological polar surface area (TPSA) is 117 Å². The molecular formula is C21H24N4O5S2. The highest BCUT2D eigenvalue weighted by Gasteiger charge is 2.26. The summed E-state index contributed by atoms with van der Waals surface area (Å²) in [6, 6.07) is 10.1. The quantitative estimate of drug-likeness (QED) is 0.455. The third-order valence-corrected chi connectivity index (χ3v) is 7.83. The summed E-state index contributed by atoms with van der Waals surface area (Å²) in [5.41, 5.74) is 1.82. The number of pyridine rings is 1. The summed E-state index contributed by atoms with van der Waals surface area (Å²) >= 11 is 1.55. The third-order valence-electron chi connectivity index (χ3n) is 4.99. The van der Waals surface area contributed by atoms with Gasteiger partial charge in [0.2, 0.25) is 0 Å². The maximum absolute atomic E-state index is 13.2. The zero-order valence-electron chi connectivity index (χ0n) is 17.7. The summed E-state index contributed by atoms with van der Waals surface area (Å²) in [6.45, 7) is 0.727. The molecule has 11 heteroatoms. The van der Waals surface area contributed by atoms with E-state index in [2.05, 4.69) is 15.0 Å². The van der Waals surface area contributed by atoms with Crippen molar-refractivity contribution in [2.24, 2.45) is 4.99 Å². The molecular weight excluding hydrogens is 452 g/mol. The van der Waals surface area contributed by atoms with Crippen molar-refractivity contribution in [1.29, 1.82) is 0 Å². The summed E-state index contributed by atoms with van der Waals surface area (Å²) in [6.07, 6.45) is 1.44. The fourth-order valence-corrected chi connectivity index (χ4v) is 5.46. The van der Waals surface area contributed by atoms with E-state index in [-0.39, 0.29) is 17.7 Å². The molecule has 0 amide bonds. The summed E-state index contributed by atoms with van der Waals surface area (Å²) in [4.78, 5) is 11.9. The number of aliphatic hydroxyl groups excluding tert-OH is 1. The standard InChI is InChI=1S/C21H24N4O5S2/c1-25(32(27,28)19-5-3-4-6-22-19)18-11-16(30-8-7-29-2)9-14-10-17(24-20(14)18)21-23-15(12-26)13-31-21/h3-6,9-11,15,24,26H,7-8,12-13H2,1-2H3/t15-/m1/s1. The van der Waals surface area contributed by atoms with E-state index in [1.807, 2.05) is 12.1 Å². The lowest BCUT2D eigenvalue weighted by molar-refractivity contribution is 0.146. The van der Waals surface area contributed by atoms with Gasteiger partial charge in [0.05, 0.1) is 36.2 Å². The molecule has 9 nitrogen and oxygen atoms in total. The highest BCUT2D eigenvalue weighted by atomic mass is 32.2. The number of nitrogens with zero attached hydrogens (tertiary/aromatic N) is 3. The Morgan fingerprint density at radius 3 is 2.81 bits per heavy atom. The van der Waals surface area contributed by atoms with Gasteiger partial charge in [-0.3, -0.25) is 9.30 Å². The molecule has 32 heavy (non-hydrogen) atoms. The van der Waals surface area contributed by atoms with Gasteiger partial charge in [0.15, 0.2) is 5.03 Å². The first-order chi connectivity index (χ1) is 15.4. The van der Waals surface area contributed by atoms with E-state index in [0.29, 0.717) is 35.9 Å². The number of aromatic amines is 1. The number of aromatic nitrogens is 2. The van der Waals surface area contributed by atoms with Gasteiger partial charge in [0.25, 0.3) is 10.0 Å². The van der Waals surface area contributed by atoms with Crippen molar-refractivity contribution in [2.45, 2.75) is 11.1 Å². The van der Waals surface area contributed by atoms with Crippen LogP contribution in [0, 0.1) is 0 Å². The van der Waals surface area contributed by atoms with Crippen LogP contribution in [0.2, 0.25) is 0 Å². The number of ether oxygens (including phenoxy) is 2. The first-order valence-corrected chi connectivity index (χ1v) is 12.4. The normalized spacial score (nSPS) is 16.3. The van der Waals surface area contributed by atoms with Crippen LogP contribution in [0.25, 0.3) is 10.9 Å². The van der Waals surface area contributed by atoms with Crippen LogP contribution in [-0.2, 0) is 14.8 Å². The number of rotatable bonds is 9. The van der Waals surface area contributed by atoms with E-state index >= 15 is 0 Å². The number of hydrogen-bond acceptors (Lipinski definition) is 8. The Morgan fingerprint density at radius 2 is 2.12 bits per heavy atom. The zero-order chi connectivity index (χ0) is 22.7. The zero-order valence-corrected chi connectivity index (χ0v) is 19.3. The molecule has 0 saturated carbocycles. The minimum Gasteiger partial charge on any atom is -0.491 e. The number of aliphatic imine (C=N–C) groups is 1. The summed E-state index contributed by atoms with van der Waals surface area (Å²) in [5, 5.41) is 10.9.